The number of hydrogen-bond donors (Lipinski definition) is 1. The van der Waals surface area contributed by atoms with Gasteiger partial charge in [0.1, 0.15) is 6.10 Å². The Bertz CT molecular complexity index is 1000. The molecule has 7 nitrogen and oxygen atoms in total. The van der Waals surface area contributed by atoms with Crippen molar-refractivity contribution in [2.45, 2.75) is 18.9 Å². The van der Waals surface area contributed by atoms with Crippen LogP contribution in [0.2, 0.25) is 0 Å². The Morgan fingerprint density at radius 3 is 2.45 bits per heavy atom. The van der Waals surface area contributed by atoms with Gasteiger partial charge < -0.3 is 15.0 Å². The van der Waals surface area contributed by atoms with E-state index in [0.717, 1.165) is 11.0 Å². The van der Waals surface area contributed by atoms with Crippen molar-refractivity contribution in [3.8, 4) is 5.88 Å². The number of rotatable bonds is 5. The van der Waals surface area contributed by atoms with Gasteiger partial charge in [-0.1, -0.05) is 30.3 Å². The molecule has 7 heteroatoms. The number of carbonyl (C=O) groups is 2. The molecule has 0 spiro atoms. The molecule has 4 rings (SSSR count). The summed E-state index contributed by atoms with van der Waals surface area (Å²) < 4.78 is 5.97. The second kappa shape index (κ2) is 8.68. The summed E-state index contributed by atoms with van der Waals surface area (Å²) >= 11 is 0. The van der Waals surface area contributed by atoms with Gasteiger partial charge in [0.2, 0.25) is 11.8 Å². The minimum absolute atomic E-state index is 0.00456. The van der Waals surface area contributed by atoms with E-state index in [4.69, 9.17) is 4.74 Å². The van der Waals surface area contributed by atoms with Crippen molar-refractivity contribution >= 4 is 22.8 Å². The predicted octanol–water partition coefficient (Wildman–Crippen LogP) is 2.43. The monoisotopic (exact) mass is 390 g/mol. The van der Waals surface area contributed by atoms with E-state index in [2.05, 4.69) is 15.3 Å². The lowest BCUT2D eigenvalue weighted by molar-refractivity contribution is -0.131. The van der Waals surface area contributed by atoms with Crippen LogP contribution in [0.25, 0.3) is 11.0 Å². The third kappa shape index (κ3) is 4.68. The summed E-state index contributed by atoms with van der Waals surface area (Å²) in [6.45, 7) is 1.17. The molecular formula is C22H22N4O3. The maximum Gasteiger partial charge on any atom is 0.251 e. The molecular weight excluding hydrogens is 368 g/mol. The number of carbonyl (C=O) groups excluding carboxylic acids is 2. The Kier molecular flexibility index (Phi) is 5.65. The van der Waals surface area contributed by atoms with Gasteiger partial charge in [0.05, 0.1) is 23.8 Å². The minimum atomic E-state index is -0.243. The van der Waals surface area contributed by atoms with Crippen molar-refractivity contribution in [3.63, 3.8) is 0 Å². The normalized spacial score (nSPS) is 14.6. The Hall–Kier alpha value is -3.48. The summed E-state index contributed by atoms with van der Waals surface area (Å²) in [6, 6.07) is 16.5. The molecule has 1 N–H and O–H groups in total. The van der Waals surface area contributed by atoms with E-state index in [0.29, 0.717) is 37.4 Å². The van der Waals surface area contributed by atoms with Gasteiger partial charge in [0, 0.05) is 31.5 Å². The smallest absolute Gasteiger partial charge is 0.251 e. The highest BCUT2D eigenvalue weighted by Gasteiger charge is 2.24. The van der Waals surface area contributed by atoms with Crippen LogP contribution in [0, 0.1) is 0 Å². The molecule has 1 aliphatic heterocycles. The summed E-state index contributed by atoms with van der Waals surface area (Å²) in [5.74, 6) is 0.175. The SMILES string of the molecule is O=C(NCC(=O)N1CCC(Oc2cnc3ccccc3n2)CC1)c1ccccc1. The lowest BCUT2D eigenvalue weighted by atomic mass is 10.1. The highest BCUT2D eigenvalue weighted by Crippen LogP contribution is 2.19. The quantitative estimate of drug-likeness (QED) is 0.723. The second-order valence-corrected chi connectivity index (χ2v) is 6.94. The molecule has 1 saturated heterocycles. The van der Waals surface area contributed by atoms with Gasteiger partial charge in [-0.3, -0.25) is 9.59 Å². The second-order valence-electron chi connectivity index (χ2n) is 6.94. The zero-order chi connectivity index (χ0) is 20.1. The number of hydrogen-bond acceptors (Lipinski definition) is 5. The maximum absolute atomic E-state index is 12.4. The van der Waals surface area contributed by atoms with Crippen molar-refractivity contribution in [1.82, 2.24) is 20.2 Å². The van der Waals surface area contributed by atoms with Gasteiger partial charge in [-0.25, -0.2) is 9.97 Å². The van der Waals surface area contributed by atoms with Gasteiger partial charge in [-0.15, -0.1) is 0 Å². The molecule has 2 heterocycles. The van der Waals surface area contributed by atoms with Gasteiger partial charge in [-0.05, 0) is 24.3 Å². The van der Waals surface area contributed by atoms with Crippen LogP contribution in [0.15, 0.2) is 60.8 Å². The lowest BCUT2D eigenvalue weighted by Crippen LogP contribution is -2.46. The third-order valence-electron chi connectivity index (χ3n) is 4.94. The molecule has 1 fully saturated rings. The van der Waals surface area contributed by atoms with E-state index >= 15 is 0 Å². The van der Waals surface area contributed by atoms with E-state index in [1.165, 1.54) is 0 Å². The number of likely N-dealkylation sites (tertiary alicyclic amines) is 1. The predicted molar refractivity (Wildman–Crippen MR) is 109 cm³/mol. The van der Waals surface area contributed by atoms with Crippen LogP contribution in [0.4, 0.5) is 0 Å². The molecule has 0 bridgehead atoms. The van der Waals surface area contributed by atoms with Crippen molar-refractivity contribution in [1.29, 1.82) is 0 Å². The average Bonchev–Trinajstić information content (AvgIpc) is 2.78. The van der Waals surface area contributed by atoms with E-state index < -0.39 is 0 Å². The number of nitrogens with one attached hydrogen (secondary N) is 1. The number of fused-ring (bicyclic) bond motifs is 1. The van der Waals surface area contributed by atoms with Crippen LogP contribution < -0.4 is 10.1 Å². The van der Waals surface area contributed by atoms with Crippen LogP contribution in [0.1, 0.15) is 23.2 Å². The third-order valence-corrected chi connectivity index (χ3v) is 4.94. The molecule has 1 aromatic heterocycles. The molecule has 0 saturated carbocycles. The first kappa shape index (κ1) is 18.9. The zero-order valence-electron chi connectivity index (χ0n) is 16.0. The molecule has 2 aromatic carbocycles. The number of benzene rings is 2. The minimum Gasteiger partial charge on any atom is -0.473 e. The molecule has 0 aliphatic carbocycles. The van der Waals surface area contributed by atoms with E-state index in [1.54, 1.807) is 35.4 Å². The molecule has 3 aromatic rings. The number of nitrogens with zero attached hydrogens (tertiary/aromatic N) is 3. The summed E-state index contributed by atoms with van der Waals surface area (Å²) in [4.78, 5) is 35.1. The molecule has 0 atom stereocenters. The molecule has 0 radical (unpaired) electrons. The Balaban J connectivity index is 1.25. The largest absolute Gasteiger partial charge is 0.473 e. The molecule has 2 amide bonds. The standard InChI is InChI=1S/C22H22N4O3/c27-21(15-24-22(28)16-6-2-1-3-7-16)26-12-10-17(11-13-26)29-20-14-23-18-8-4-5-9-19(18)25-20/h1-9,14,17H,10-13,15H2,(H,24,28). The summed E-state index contributed by atoms with van der Waals surface area (Å²) in [7, 11) is 0. The van der Waals surface area contributed by atoms with Gasteiger partial charge in [0.15, 0.2) is 0 Å². The Morgan fingerprint density at radius 2 is 1.69 bits per heavy atom. The fourth-order valence-electron chi connectivity index (χ4n) is 3.35. The van der Waals surface area contributed by atoms with E-state index in [9.17, 15) is 9.59 Å². The number of ether oxygens (including phenoxy) is 1. The fraction of sp³-hybridized carbons (Fsp3) is 0.273. The van der Waals surface area contributed by atoms with Crippen LogP contribution >= 0.6 is 0 Å². The first-order valence-electron chi connectivity index (χ1n) is 9.68. The maximum atomic E-state index is 12.4. The molecule has 29 heavy (non-hydrogen) atoms. The Morgan fingerprint density at radius 1 is 1.00 bits per heavy atom. The topological polar surface area (TPSA) is 84.4 Å². The summed E-state index contributed by atoms with van der Waals surface area (Å²) in [6.07, 6.45) is 3.06. The summed E-state index contributed by atoms with van der Waals surface area (Å²) in [5.41, 5.74) is 2.17. The van der Waals surface area contributed by atoms with Crippen LogP contribution in [0.5, 0.6) is 5.88 Å². The first-order chi connectivity index (χ1) is 14.2. The van der Waals surface area contributed by atoms with Gasteiger partial charge in [0.25, 0.3) is 5.91 Å². The number of para-hydroxylation sites is 2. The Labute approximate surface area is 168 Å². The van der Waals surface area contributed by atoms with E-state index in [1.807, 2.05) is 30.3 Å². The average molecular weight is 390 g/mol. The molecule has 0 unspecified atom stereocenters. The zero-order valence-corrected chi connectivity index (χ0v) is 16.0. The van der Waals surface area contributed by atoms with E-state index in [-0.39, 0.29) is 24.5 Å². The fourth-order valence-corrected chi connectivity index (χ4v) is 3.35. The molecule has 1 aliphatic rings. The molecule has 148 valence electrons. The van der Waals surface area contributed by atoms with Crippen molar-refractivity contribution in [2.24, 2.45) is 0 Å². The highest BCUT2D eigenvalue weighted by atomic mass is 16.5. The van der Waals surface area contributed by atoms with Gasteiger partial charge >= 0.3 is 0 Å². The summed E-state index contributed by atoms with van der Waals surface area (Å²) in [5, 5.41) is 2.68. The highest BCUT2D eigenvalue weighted by molar-refractivity contribution is 5.96. The van der Waals surface area contributed by atoms with Crippen LogP contribution in [-0.2, 0) is 4.79 Å². The van der Waals surface area contributed by atoms with Crippen molar-refractivity contribution < 1.29 is 14.3 Å². The number of amides is 2. The lowest BCUT2D eigenvalue weighted by Gasteiger charge is -2.32. The van der Waals surface area contributed by atoms with Crippen LogP contribution in [-0.4, -0.2) is 52.4 Å². The van der Waals surface area contributed by atoms with Gasteiger partial charge in [-0.2, -0.15) is 0 Å². The van der Waals surface area contributed by atoms with Crippen LogP contribution in [0.3, 0.4) is 0 Å². The van der Waals surface area contributed by atoms with Crippen molar-refractivity contribution in [3.05, 3.63) is 66.4 Å². The first-order valence-corrected chi connectivity index (χ1v) is 9.68. The number of aromatic nitrogens is 2. The number of piperidine rings is 1. The van der Waals surface area contributed by atoms with Crippen molar-refractivity contribution in [2.75, 3.05) is 19.6 Å².